The van der Waals surface area contributed by atoms with E-state index in [9.17, 15) is 9.18 Å². The third-order valence-electron chi connectivity index (χ3n) is 7.33. The standard InChI is InChI=1S/C30H30FN7O/c1-2-15-37-26-12-11-21(30(39)38-16-4-3-9-25(38)22-7-6-13-32-19-22)18-24(26)35-28(37)20-36-17-14-33-29(36)23-8-5-10-27(31)34-23/h5-8,10-14,17-19,25H,2-4,9,15-16,20H2,1H3. The summed E-state index contributed by atoms with van der Waals surface area (Å²) in [5, 5.41) is 0. The molecule has 198 valence electrons. The van der Waals surface area contributed by atoms with E-state index < -0.39 is 5.95 Å². The molecule has 0 radical (unpaired) electrons. The number of hydrogen-bond donors (Lipinski definition) is 0. The highest BCUT2D eigenvalue weighted by molar-refractivity contribution is 5.97. The molecule has 39 heavy (non-hydrogen) atoms. The molecule has 0 bridgehead atoms. The molecule has 1 aliphatic rings. The van der Waals surface area contributed by atoms with Gasteiger partial charge in [0, 0.05) is 43.4 Å². The van der Waals surface area contributed by atoms with Crippen molar-refractivity contribution in [1.29, 1.82) is 0 Å². The highest BCUT2D eigenvalue weighted by atomic mass is 19.1. The van der Waals surface area contributed by atoms with Crippen molar-refractivity contribution in [2.45, 2.75) is 51.7 Å². The first-order chi connectivity index (χ1) is 19.1. The highest BCUT2D eigenvalue weighted by Crippen LogP contribution is 2.32. The number of piperidine rings is 1. The first-order valence-corrected chi connectivity index (χ1v) is 13.5. The number of nitrogens with zero attached hydrogens (tertiary/aromatic N) is 7. The Morgan fingerprint density at radius 3 is 2.82 bits per heavy atom. The Kier molecular flexibility index (Phi) is 6.87. The van der Waals surface area contributed by atoms with Crippen LogP contribution in [0.3, 0.4) is 0 Å². The molecule has 0 saturated carbocycles. The molecule has 4 aromatic heterocycles. The van der Waals surface area contributed by atoms with Crippen LogP contribution in [-0.2, 0) is 13.1 Å². The summed E-state index contributed by atoms with van der Waals surface area (Å²) in [6, 6.07) is 14.5. The molecule has 1 fully saturated rings. The summed E-state index contributed by atoms with van der Waals surface area (Å²) in [5.41, 5.74) is 3.94. The van der Waals surface area contributed by atoms with E-state index in [0.717, 1.165) is 61.2 Å². The molecule has 0 N–H and O–H groups in total. The number of carbonyl (C=O) groups excluding carboxylic acids is 1. The van der Waals surface area contributed by atoms with Gasteiger partial charge in [0.1, 0.15) is 11.5 Å². The average molecular weight is 524 g/mol. The van der Waals surface area contributed by atoms with Gasteiger partial charge in [0.2, 0.25) is 5.95 Å². The van der Waals surface area contributed by atoms with Crippen LogP contribution in [0.15, 0.2) is 73.3 Å². The van der Waals surface area contributed by atoms with E-state index in [1.54, 1.807) is 24.5 Å². The maximum absolute atomic E-state index is 13.8. The number of aromatic nitrogens is 6. The Bertz CT molecular complexity index is 1610. The lowest BCUT2D eigenvalue weighted by Gasteiger charge is -2.36. The van der Waals surface area contributed by atoms with Crippen LogP contribution in [-0.4, -0.2) is 46.4 Å². The van der Waals surface area contributed by atoms with E-state index in [2.05, 4.69) is 32.5 Å². The number of benzene rings is 1. The summed E-state index contributed by atoms with van der Waals surface area (Å²) in [7, 11) is 0. The summed E-state index contributed by atoms with van der Waals surface area (Å²) >= 11 is 0. The zero-order valence-corrected chi connectivity index (χ0v) is 21.9. The molecular weight excluding hydrogens is 493 g/mol. The summed E-state index contributed by atoms with van der Waals surface area (Å²) in [6.45, 7) is 4.09. The molecule has 9 heteroatoms. The van der Waals surface area contributed by atoms with Crippen molar-refractivity contribution >= 4 is 16.9 Å². The van der Waals surface area contributed by atoms with E-state index in [-0.39, 0.29) is 11.9 Å². The first-order valence-electron chi connectivity index (χ1n) is 13.5. The molecule has 8 nitrogen and oxygen atoms in total. The normalized spacial score (nSPS) is 15.6. The first kappa shape index (κ1) is 24.9. The number of rotatable bonds is 7. The fourth-order valence-electron chi connectivity index (χ4n) is 5.52. The van der Waals surface area contributed by atoms with Crippen LogP contribution < -0.4 is 0 Å². The van der Waals surface area contributed by atoms with Crippen LogP contribution in [0, 0.1) is 5.95 Å². The lowest BCUT2D eigenvalue weighted by molar-refractivity contribution is 0.0611. The molecule has 1 atom stereocenters. The number of aryl methyl sites for hydroxylation is 1. The van der Waals surface area contributed by atoms with Crippen LogP contribution in [0.1, 0.15) is 60.4 Å². The summed E-state index contributed by atoms with van der Waals surface area (Å²) in [4.78, 5) is 33.4. The molecule has 1 aromatic carbocycles. The van der Waals surface area contributed by atoms with E-state index >= 15 is 0 Å². The quantitative estimate of drug-likeness (QED) is 0.257. The number of carbonyl (C=O) groups is 1. The second-order valence-corrected chi connectivity index (χ2v) is 9.90. The van der Waals surface area contributed by atoms with E-state index in [4.69, 9.17) is 4.98 Å². The molecule has 1 unspecified atom stereocenters. The lowest BCUT2D eigenvalue weighted by atomic mass is 9.95. The topological polar surface area (TPSA) is 81.7 Å². The minimum atomic E-state index is -0.544. The average Bonchev–Trinajstić information content (AvgIpc) is 3.57. The second-order valence-electron chi connectivity index (χ2n) is 9.90. The van der Waals surface area contributed by atoms with Crippen molar-refractivity contribution in [1.82, 2.24) is 34.0 Å². The summed E-state index contributed by atoms with van der Waals surface area (Å²) in [6.07, 6.45) is 11.1. The van der Waals surface area contributed by atoms with Gasteiger partial charge in [-0.15, -0.1) is 0 Å². The van der Waals surface area contributed by atoms with Crippen molar-refractivity contribution < 1.29 is 9.18 Å². The molecule has 1 saturated heterocycles. The van der Waals surface area contributed by atoms with Crippen molar-refractivity contribution in [2.75, 3.05) is 6.54 Å². The van der Waals surface area contributed by atoms with Crippen LogP contribution in [0.5, 0.6) is 0 Å². The molecular formula is C30H30FN7O. The fourth-order valence-corrected chi connectivity index (χ4v) is 5.52. The van der Waals surface area contributed by atoms with Crippen LogP contribution in [0.4, 0.5) is 4.39 Å². The SMILES string of the molecule is CCCn1c(Cn2ccnc2-c2cccc(F)n2)nc2cc(C(=O)N3CCCCC3c3cccnc3)ccc21. The maximum Gasteiger partial charge on any atom is 0.254 e. The van der Waals surface area contributed by atoms with Crippen molar-refractivity contribution in [3.8, 4) is 11.5 Å². The zero-order valence-electron chi connectivity index (χ0n) is 21.9. The van der Waals surface area contributed by atoms with Gasteiger partial charge in [-0.2, -0.15) is 4.39 Å². The zero-order chi connectivity index (χ0) is 26.8. The number of halogens is 1. The maximum atomic E-state index is 13.8. The van der Waals surface area contributed by atoms with Gasteiger partial charge >= 0.3 is 0 Å². The largest absolute Gasteiger partial charge is 0.332 e. The molecule has 5 aromatic rings. The summed E-state index contributed by atoms with van der Waals surface area (Å²) in [5.74, 6) is 0.897. The molecule has 1 amide bonds. The summed E-state index contributed by atoms with van der Waals surface area (Å²) < 4.78 is 17.9. The van der Waals surface area contributed by atoms with Gasteiger partial charge in [0.15, 0.2) is 5.82 Å². The molecule has 6 rings (SSSR count). The molecule has 1 aliphatic heterocycles. The monoisotopic (exact) mass is 523 g/mol. The smallest absolute Gasteiger partial charge is 0.254 e. The Hall–Kier alpha value is -4.40. The van der Waals surface area contributed by atoms with Gasteiger partial charge in [-0.3, -0.25) is 9.78 Å². The van der Waals surface area contributed by atoms with Crippen LogP contribution in [0.25, 0.3) is 22.6 Å². The minimum Gasteiger partial charge on any atom is -0.332 e. The van der Waals surface area contributed by atoms with E-state index in [1.807, 2.05) is 46.1 Å². The predicted octanol–water partition coefficient (Wildman–Crippen LogP) is 5.65. The van der Waals surface area contributed by atoms with Gasteiger partial charge in [-0.05, 0) is 67.6 Å². The minimum absolute atomic E-state index is 0.0196. The Balaban J connectivity index is 1.33. The van der Waals surface area contributed by atoms with Gasteiger partial charge < -0.3 is 14.0 Å². The van der Waals surface area contributed by atoms with Gasteiger partial charge in [-0.25, -0.2) is 15.0 Å². The Morgan fingerprint density at radius 1 is 1.08 bits per heavy atom. The third kappa shape index (κ3) is 4.92. The fraction of sp³-hybridized carbons (Fsp3) is 0.300. The number of amides is 1. The number of imidazole rings is 2. The Morgan fingerprint density at radius 2 is 2.00 bits per heavy atom. The predicted molar refractivity (Wildman–Crippen MR) is 146 cm³/mol. The van der Waals surface area contributed by atoms with Gasteiger partial charge in [0.25, 0.3) is 5.91 Å². The van der Waals surface area contributed by atoms with Crippen LogP contribution in [0.2, 0.25) is 0 Å². The molecule has 0 spiro atoms. The number of pyridine rings is 2. The number of fused-ring (bicyclic) bond motifs is 1. The van der Waals surface area contributed by atoms with E-state index in [1.165, 1.54) is 6.07 Å². The van der Waals surface area contributed by atoms with Gasteiger partial charge in [-0.1, -0.05) is 19.1 Å². The van der Waals surface area contributed by atoms with Crippen LogP contribution >= 0.6 is 0 Å². The van der Waals surface area contributed by atoms with Crippen molar-refractivity contribution in [2.24, 2.45) is 0 Å². The number of likely N-dealkylation sites (tertiary alicyclic amines) is 1. The van der Waals surface area contributed by atoms with Crippen molar-refractivity contribution in [3.63, 3.8) is 0 Å². The molecule has 5 heterocycles. The third-order valence-corrected chi connectivity index (χ3v) is 7.33. The lowest BCUT2D eigenvalue weighted by Crippen LogP contribution is -2.38. The highest BCUT2D eigenvalue weighted by Gasteiger charge is 2.29. The molecule has 0 aliphatic carbocycles. The second kappa shape index (κ2) is 10.8. The number of hydrogen-bond acceptors (Lipinski definition) is 5. The van der Waals surface area contributed by atoms with Gasteiger partial charge in [0.05, 0.1) is 23.6 Å². The van der Waals surface area contributed by atoms with E-state index in [0.29, 0.717) is 23.6 Å². The van der Waals surface area contributed by atoms with Crippen molar-refractivity contribution in [3.05, 3.63) is 96.2 Å². The Labute approximate surface area is 226 Å².